The molecule has 9 heteroatoms. The van der Waals surface area contributed by atoms with Crippen molar-refractivity contribution >= 4 is 27.7 Å². The van der Waals surface area contributed by atoms with Gasteiger partial charge in [-0.2, -0.15) is 0 Å². The molecule has 2 heterocycles. The first-order chi connectivity index (χ1) is 14.8. The second-order valence-corrected chi connectivity index (χ2v) is 11.9. The molecule has 176 valence electrons. The van der Waals surface area contributed by atoms with Crippen LogP contribution in [0.15, 0.2) is 24.3 Å². The highest BCUT2D eigenvalue weighted by molar-refractivity contribution is 7.91. The predicted molar refractivity (Wildman–Crippen MR) is 122 cm³/mol. The number of carbonyl (C=O) groups excluding carboxylic acids is 3. The Balaban J connectivity index is 1.79. The molecule has 1 aromatic carbocycles. The molecular weight excluding hydrogens is 430 g/mol. The van der Waals surface area contributed by atoms with Crippen LogP contribution in [0.3, 0.4) is 0 Å². The Morgan fingerprint density at radius 2 is 1.81 bits per heavy atom. The van der Waals surface area contributed by atoms with Crippen LogP contribution in [-0.4, -0.2) is 66.7 Å². The number of nitrogens with zero attached hydrogens (tertiary/aromatic N) is 2. The zero-order valence-corrected chi connectivity index (χ0v) is 20.2. The van der Waals surface area contributed by atoms with Crippen molar-refractivity contribution < 1.29 is 22.8 Å². The molecule has 2 fully saturated rings. The van der Waals surface area contributed by atoms with Gasteiger partial charge in [0, 0.05) is 12.6 Å². The van der Waals surface area contributed by atoms with Crippen LogP contribution >= 0.6 is 0 Å². The topological polar surface area (TPSA) is 104 Å². The van der Waals surface area contributed by atoms with Crippen LogP contribution in [0.25, 0.3) is 0 Å². The predicted octanol–water partition coefficient (Wildman–Crippen LogP) is 2.25. The van der Waals surface area contributed by atoms with E-state index in [1.807, 2.05) is 38.1 Å². The van der Waals surface area contributed by atoms with Crippen molar-refractivity contribution in [2.45, 2.75) is 58.5 Å². The fraction of sp³-hybridized carbons (Fsp3) is 0.609. The number of hydrogen-bond acceptors (Lipinski definition) is 5. The smallest absolute Gasteiger partial charge is 0.325 e. The average molecular weight is 464 g/mol. The summed E-state index contributed by atoms with van der Waals surface area (Å²) in [6.45, 7) is 9.63. The van der Waals surface area contributed by atoms with E-state index in [-0.39, 0.29) is 17.4 Å². The Labute approximate surface area is 190 Å². The molecule has 0 radical (unpaired) electrons. The molecule has 8 nitrogen and oxygen atoms in total. The molecule has 2 unspecified atom stereocenters. The lowest BCUT2D eigenvalue weighted by Crippen LogP contribution is -2.49. The maximum absolute atomic E-state index is 13.2. The first-order valence-corrected chi connectivity index (χ1v) is 12.9. The number of sulfone groups is 1. The minimum absolute atomic E-state index is 0.0487. The van der Waals surface area contributed by atoms with E-state index < -0.39 is 45.8 Å². The van der Waals surface area contributed by atoms with Gasteiger partial charge in [-0.25, -0.2) is 13.2 Å². The lowest BCUT2D eigenvalue weighted by atomic mass is 9.90. The number of imide groups is 1. The van der Waals surface area contributed by atoms with Gasteiger partial charge in [0.2, 0.25) is 5.91 Å². The van der Waals surface area contributed by atoms with Crippen LogP contribution < -0.4 is 5.32 Å². The number of amides is 4. The average Bonchev–Trinajstić information content (AvgIpc) is 3.17. The van der Waals surface area contributed by atoms with Crippen LogP contribution in [0.2, 0.25) is 0 Å². The molecule has 4 amide bonds. The summed E-state index contributed by atoms with van der Waals surface area (Å²) in [5.41, 5.74) is 0.514. The van der Waals surface area contributed by atoms with Crippen LogP contribution in [0.4, 0.5) is 4.79 Å². The number of urea groups is 1. The van der Waals surface area contributed by atoms with Gasteiger partial charge in [-0.1, -0.05) is 52.0 Å². The molecule has 32 heavy (non-hydrogen) atoms. The van der Waals surface area contributed by atoms with E-state index >= 15 is 0 Å². The van der Waals surface area contributed by atoms with Crippen molar-refractivity contribution in [2.75, 3.05) is 24.6 Å². The van der Waals surface area contributed by atoms with Crippen LogP contribution in [-0.2, 0) is 25.0 Å². The fourth-order valence-corrected chi connectivity index (χ4v) is 6.06. The quantitative estimate of drug-likeness (QED) is 0.625. The van der Waals surface area contributed by atoms with E-state index in [0.29, 0.717) is 24.4 Å². The standard InChI is InChI=1S/C23H33N3O5S/c1-15(2)12-25(19-10-11-32(30,31)14-19)20(27)13-26-21(28)23(5,24-22(26)29)18-8-6-17(7-9-18)16(3)4/h6-9,15-16,19H,10-14H2,1-5H3,(H,24,29). The van der Waals surface area contributed by atoms with Gasteiger partial charge in [-0.3, -0.25) is 14.5 Å². The van der Waals surface area contributed by atoms with Crippen molar-refractivity contribution in [1.29, 1.82) is 0 Å². The number of nitrogens with one attached hydrogen (secondary N) is 1. The molecule has 0 aromatic heterocycles. The molecule has 2 saturated heterocycles. The molecule has 0 aliphatic carbocycles. The van der Waals surface area contributed by atoms with Gasteiger partial charge in [0.05, 0.1) is 11.5 Å². The molecular formula is C23H33N3O5S. The summed E-state index contributed by atoms with van der Waals surface area (Å²) in [5, 5.41) is 2.73. The Morgan fingerprint density at radius 1 is 1.19 bits per heavy atom. The summed E-state index contributed by atoms with van der Waals surface area (Å²) in [4.78, 5) is 41.5. The second kappa shape index (κ2) is 8.84. The van der Waals surface area contributed by atoms with Crippen molar-refractivity contribution in [2.24, 2.45) is 5.92 Å². The van der Waals surface area contributed by atoms with E-state index in [4.69, 9.17) is 0 Å². The van der Waals surface area contributed by atoms with Gasteiger partial charge in [0.15, 0.2) is 9.84 Å². The number of carbonyl (C=O) groups is 3. The molecule has 0 spiro atoms. The van der Waals surface area contributed by atoms with Crippen LogP contribution in [0.1, 0.15) is 58.1 Å². The largest absolute Gasteiger partial charge is 0.337 e. The summed E-state index contributed by atoms with van der Waals surface area (Å²) < 4.78 is 23.9. The van der Waals surface area contributed by atoms with E-state index in [1.165, 1.54) is 4.90 Å². The summed E-state index contributed by atoms with van der Waals surface area (Å²) in [7, 11) is -3.18. The molecule has 2 aliphatic rings. The monoisotopic (exact) mass is 463 g/mol. The summed E-state index contributed by atoms with van der Waals surface area (Å²) in [5.74, 6) is -0.472. The minimum Gasteiger partial charge on any atom is -0.337 e. The maximum Gasteiger partial charge on any atom is 0.325 e. The third kappa shape index (κ3) is 4.82. The molecule has 1 N–H and O–H groups in total. The Hall–Kier alpha value is -2.42. The highest BCUT2D eigenvalue weighted by Gasteiger charge is 2.50. The highest BCUT2D eigenvalue weighted by Crippen LogP contribution is 2.30. The summed E-state index contributed by atoms with van der Waals surface area (Å²) >= 11 is 0. The van der Waals surface area contributed by atoms with E-state index in [2.05, 4.69) is 19.2 Å². The van der Waals surface area contributed by atoms with E-state index in [0.717, 1.165) is 10.5 Å². The maximum atomic E-state index is 13.2. The zero-order valence-electron chi connectivity index (χ0n) is 19.4. The van der Waals surface area contributed by atoms with E-state index in [9.17, 15) is 22.8 Å². The third-order valence-corrected chi connectivity index (χ3v) is 8.00. The number of rotatable bonds is 7. The number of hydrogen-bond donors (Lipinski definition) is 1. The van der Waals surface area contributed by atoms with Crippen molar-refractivity contribution in [3.8, 4) is 0 Å². The van der Waals surface area contributed by atoms with Crippen molar-refractivity contribution in [1.82, 2.24) is 15.1 Å². The Morgan fingerprint density at radius 3 is 2.31 bits per heavy atom. The third-order valence-electron chi connectivity index (χ3n) is 6.25. The lowest BCUT2D eigenvalue weighted by Gasteiger charge is -2.31. The summed E-state index contributed by atoms with van der Waals surface area (Å²) in [6, 6.07) is 6.47. The number of benzene rings is 1. The van der Waals surface area contributed by atoms with Crippen molar-refractivity contribution in [3.63, 3.8) is 0 Å². The first kappa shape index (κ1) is 24.2. The van der Waals surface area contributed by atoms with Gasteiger partial charge in [0.1, 0.15) is 12.1 Å². The van der Waals surface area contributed by atoms with E-state index in [1.54, 1.807) is 6.92 Å². The van der Waals surface area contributed by atoms with Gasteiger partial charge in [-0.15, -0.1) is 0 Å². The zero-order chi connectivity index (χ0) is 23.8. The molecule has 1 aromatic rings. The second-order valence-electron chi connectivity index (χ2n) is 9.72. The SMILES string of the molecule is CC(C)CN(C(=O)CN1C(=O)NC(C)(c2ccc(C(C)C)cc2)C1=O)C1CCS(=O)(=O)C1. The van der Waals surface area contributed by atoms with Gasteiger partial charge in [-0.05, 0) is 36.3 Å². The summed E-state index contributed by atoms with van der Waals surface area (Å²) in [6.07, 6.45) is 0.376. The molecule has 0 bridgehead atoms. The van der Waals surface area contributed by atoms with Crippen LogP contribution in [0.5, 0.6) is 0 Å². The highest BCUT2D eigenvalue weighted by atomic mass is 32.2. The molecule has 2 atom stereocenters. The Bertz CT molecular complexity index is 1000. The minimum atomic E-state index is -3.18. The molecule has 3 rings (SSSR count). The molecule has 0 saturated carbocycles. The van der Waals surface area contributed by atoms with Gasteiger partial charge in [0.25, 0.3) is 5.91 Å². The van der Waals surface area contributed by atoms with Crippen LogP contribution in [0, 0.1) is 5.92 Å². The molecule has 2 aliphatic heterocycles. The van der Waals surface area contributed by atoms with Gasteiger partial charge >= 0.3 is 6.03 Å². The first-order valence-electron chi connectivity index (χ1n) is 11.1. The fourth-order valence-electron chi connectivity index (χ4n) is 4.33. The van der Waals surface area contributed by atoms with Crippen molar-refractivity contribution in [3.05, 3.63) is 35.4 Å². The Kier molecular flexibility index (Phi) is 6.70. The van der Waals surface area contributed by atoms with Gasteiger partial charge < -0.3 is 10.2 Å². The lowest BCUT2D eigenvalue weighted by molar-refractivity contribution is -0.140. The normalized spacial score (nSPS) is 25.0.